The van der Waals surface area contributed by atoms with Gasteiger partial charge in [-0.2, -0.15) is 0 Å². The average Bonchev–Trinajstić information content (AvgIpc) is 3.20. The summed E-state index contributed by atoms with van der Waals surface area (Å²) in [4.78, 5) is 38.0. The molecule has 0 unspecified atom stereocenters. The van der Waals surface area contributed by atoms with Crippen LogP contribution in [0.1, 0.15) is 93.9 Å². The Labute approximate surface area is 232 Å². The van der Waals surface area contributed by atoms with Crippen LogP contribution < -0.4 is 0 Å². The van der Waals surface area contributed by atoms with Crippen molar-refractivity contribution in [2.75, 3.05) is 0 Å². The maximum absolute atomic E-state index is 12.9. The number of esters is 3. The molecule has 0 spiro atoms. The van der Waals surface area contributed by atoms with Gasteiger partial charge >= 0.3 is 17.9 Å². The molecule has 2 N–H and O–H groups in total. The summed E-state index contributed by atoms with van der Waals surface area (Å²) in [5.74, 6) is -3.01. The summed E-state index contributed by atoms with van der Waals surface area (Å²) in [6.45, 7) is 14.3. The number of carbonyl (C=O) groups is 3. The molecule has 0 aromatic heterocycles. The molecule has 2 heterocycles. The molecule has 10 atom stereocenters. The summed E-state index contributed by atoms with van der Waals surface area (Å²) in [5.41, 5.74) is -2.10. The lowest BCUT2D eigenvalue weighted by Gasteiger charge is -2.55. The van der Waals surface area contributed by atoms with E-state index in [4.69, 9.17) is 18.9 Å². The largest absolute Gasteiger partial charge is 0.458 e. The van der Waals surface area contributed by atoms with Gasteiger partial charge < -0.3 is 29.2 Å². The molecule has 9 heteroatoms. The fourth-order valence-electron chi connectivity index (χ4n) is 7.15. The van der Waals surface area contributed by atoms with Crippen LogP contribution in [0.3, 0.4) is 0 Å². The van der Waals surface area contributed by atoms with Crippen LogP contribution in [-0.4, -0.2) is 69.8 Å². The summed E-state index contributed by atoms with van der Waals surface area (Å²) in [5, 5.41) is 23.7. The zero-order valence-electron chi connectivity index (χ0n) is 24.8. The van der Waals surface area contributed by atoms with E-state index in [1.807, 2.05) is 40.7 Å². The molecule has 0 radical (unpaired) electrons. The van der Waals surface area contributed by atoms with Crippen LogP contribution in [0.5, 0.6) is 0 Å². The predicted molar refractivity (Wildman–Crippen MR) is 143 cm³/mol. The van der Waals surface area contributed by atoms with Gasteiger partial charge in [-0.25, -0.2) is 0 Å². The van der Waals surface area contributed by atoms with Gasteiger partial charge in [0, 0.05) is 37.5 Å². The SMILES string of the molecule is CCCC(=O)O[C@H]1[C@H](C(C)C)[C@@H]2[C@@H]([C@H]3C/C(C)=C/C[C@@H](O)[C@@](C)(OC(=O)CCC)[C@@H]2O3)[C@](C)(O)[C@@H]1OC(C)=O. The molecule has 1 saturated carbocycles. The number of hydrogen-bond acceptors (Lipinski definition) is 9. The molecule has 2 bridgehead atoms. The van der Waals surface area contributed by atoms with Crippen molar-refractivity contribution in [2.45, 2.75) is 136 Å². The van der Waals surface area contributed by atoms with Crippen molar-refractivity contribution < 1.29 is 43.5 Å². The van der Waals surface area contributed by atoms with Gasteiger partial charge in [0.05, 0.1) is 12.2 Å². The van der Waals surface area contributed by atoms with Crippen LogP contribution in [0.15, 0.2) is 11.6 Å². The number of hydrogen-bond donors (Lipinski definition) is 2. The number of fused-ring (bicyclic) bond motifs is 5. The first-order chi connectivity index (χ1) is 18.2. The summed E-state index contributed by atoms with van der Waals surface area (Å²) >= 11 is 0. The van der Waals surface area contributed by atoms with E-state index in [-0.39, 0.29) is 25.2 Å². The van der Waals surface area contributed by atoms with Crippen LogP contribution in [0.25, 0.3) is 0 Å². The van der Waals surface area contributed by atoms with E-state index in [0.29, 0.717) is 19.3 Å². The van der Waals surface area contributed by atoms with Gasteiger partial charge in [0.15, 0.2) is 11.7 Å². The molecule has 222 valence electrons. The normalized spacial score (nSPS) is 41.4. The third-order valence-electron chi connectivity index (χ3n) is 8.87. The molecule has 9 nitrogen and oxygen atoms in total. The van der Waals surface area contributed by atoms with Crippen LogP contribution in [0.2, 0.25) is 0 Å². The molecule has 3 aliphatic rings. The molecule has 0 amide bonds. The lowest BCUT2D eigenvalue weighted by molar-refractivity contribution is -0.243. The molecule has 2 aliphatic heterocycles. The van der Waals surface area contributed by atoms with Crippen LogP contribution >= 0.6 is 0 Å². The molecular weight excluding hydrogens is 504 g/mol. The summed E-state index contributed by atoms with van der Waals surface area (Å²) in [6, 6.07) is 0. The second kappa shape index (κ2) is 12.3. The highest BCUT2D eigenvalue weighted by molar-refractivity contribution is 5.70. The first-order valence-electron chi connectivity index (χ1n) is 14.5. The second-order valence-electron chi connectivity index (χ2n) is 12.4. The quantitative estimate of drug-likeness (QED) is 0.262. The Morgan fingerprint density at radius 3 is 2.28 bits per heavy atom. The van der Waals surface area contributed by atoms with E-state index in [9.17, 15) is 24.6 Å². The van der Waals surface area contributed by atoms with Gasteiger partial charge in [-0.3, -0.25) is 14.4 Å². The van der Waals surface area contributed by atoms with Crippen molar-refractivity contribution in [1.82, 2.24) is 0 Å². The number of carbonyl (C=O) groups excluding carboxylic acids is 3. The summed E-state index contributed by atoms with van der Waals surface area (Å²) in [7, 11) is 0. The molecular formula is C30H48O9. The van der Waals surface area contributed by atoms with Crippen molar-refractivity contribution >= 4 is 17.9 Å². The molecule has 1 saturated heterocycles. The lowest BCUT2D eigenvalue weighted by Crippen LogP contribution is -2.68. The van der Waals surface area contributed by atoms with Crippen LogP contribution in [0, 0.1) is 23.7 Å². The number of ether oxygens (including phenoxy) is 4. The van der Waals surface area contributed by atoms with E-state index < -0.39 is 77.4 Å². The first kappa shape index (κ1) is 31.6. The van der Waals surface area contributed by atoms with Gasteiger partial charge in [-0.1, -0.05) is 39.3 Å². The Morgan fingerprint density at radius 1 is 1.10 bits per heavy atom. The van der Waals surface area contributed by atoms with E-state index >= 15 is 0 Å². The Hall–Kier alpha value is -1.97. The highest BCUT2D eigenvalue weighted by Crippen LogP contribution is 2.58. The monoisotopic (exact) mass is 552 g/mol. The lowest BCUT2D eigenvalue weighted by atomic mass is 9.55. The minimum atomic E-state index is -1.64. The second-order valence-corrected chi connectivity index (χ2v) is 12.4. The third-order valence-corrected chi connectivity index (χ3v) is 8.87. The molecule has 2 fully saturated rings. The molecule has 0 aromatic carbocycles. The molecule has 0 aromatic rings. The smallest absolute Gasteiger partial charge is 0.306 e. The van der Waals surface area contributed by atoms with Gasteiger partial charge in [0.2, 0.25) is 0 Å². The molecule has 1 aliphatic carbocycles. The average molecular weight is 553 g/mol. The van der Waals surface area contributed by atoms with E-state index in [1.165, 1.54) is 6.92 Å². The van der Waals surface area contributed by atoms with E-state index in [2.05, 4.69) is 0 Å². The third kappa shape index (κ3) is 6.20. The van der Waals surface area contributed by atoms with E-state index in [0.717, 1.165) is 5.57 Å². The van der Waals surface area contributed by atoms with Crippen molar-refractivity contribution in [3.8, 4) is 0 Å². The highest BCUT2D eigenvalue weighted by Gasteiger charge is 2.70. The molecule has 39 heavy (non-hydrogen) atoms. The number of aliphatic hydroxyl groups is 2. The Morgan fingerprint density at radius 2 is 1.72 bits per heavy atom. The topological polar surface area (TPSA) is 129 Å². The highest BCUT2D eigenvalue weighted by atomic mass is 16.6. The number of rotatable bonds is 8. The zero-order chi connectivity index (χ0) is 29.3. The standard InChI is InChI=1S/C30H48O9/c1-9-11-21(33)38-26-23(16(3)4)24-25(29(7,35)28(26)36-18(6)31)19-15-17(5)13-14-20(32)30(8,27(24)37-19)39-22(34)12-10-2/h13,16,19-20,23-28,32,35H,9-12,14-15H2,1-8H3/b17-13+/t19-,20-,23-,24-,25-,26+,27-,28-,29+,30-/m1/s1. The maximum atomic E-state index is 12.9. The predicted octanol–water partition coefficient (Wildman–Crippen LogP) is 3.87. The van der Waals surface area contributed by atoms with Crippen LogP contribution in [0.4, 0.5) is 0 Å². The van der Waals surface area contributed by atoms with Gasteiger partial charge in [0.1, 0.15) is 17.8 Å². The minimum Gasteiger partial charge on any atom is -0.458 e. The Kier molecular flexibility index (Phi) is 9.93. The number of aliphatic hydroxyl groups excluding tert-OH is 1. The fraction of sp³-hybridized carbons (Fsp3) is 0.833. The van der Waals surface area contributed by atoms with Crippen molar-refractivity contribution in [3.63, 3.8) is 0 Å². The zero-order valence-corrected chi connectivity index (χ0v) is 24.8. The van der Waals surface area contributed by atoms with Gasteiger partial charge in [-0.15, -0.1) is 0 Å². The minimum absolute atomic E-state index is 0.0942. The Bertz CT molecular complexity index is 941. The Balaban J connectivity index is 2.23. The first-order valence-corrected chi connectivity index (χ1v) is 14.5. The van der Waals surface area contributed by atoms with Gasteiger partial charge in [0.25, 0.3) is 0 Å². The van der Waals surface area contributed by atoms with Crippen LogP contribution in [-0.2, 0) is 33.3 Å². The van der Waals surface area contributed by atoms with Crippen molar-refractivity contribution in [2.24, 2.45) is 23.7 Å². The van der Waals surface area contributed by atoms with Gasteiger partial charge in [-0.05, 0) is 52.4 Å². The maximum Gasteiger partial charge on any atom is 0.306 e. The molecule has 3 rings (SSSR count). The fourth-order valence-corrected chi connectivity index (χ4v) is 7.15. The van der Waals surface area contributed by atoms with Crippen molar-refractivity contribution in [3.05, 3.63) is 11.6 Å². The summed E-state index contributed by atoms with van der Waals surface area (Å²) in [6.07, 6.45) is -0.228. The van der Waals surface area contributed by atoms with E-state index in [1.54, 1.807) is 13.8 Å². The van der Waals surface area contributed by atoms with Crippen molar-refractivity contribution in [1.29, 1.82) is 0 Å². The summed E-state index contributed by atoms with van der Waals surface area (Å²) < 4.78 is 24.5.